The molecule has 0 saturated heterocycles. The first kappa shape index (κ1) is 21.2. The molecule has 0 spiro atoms. The van der Waals surface area contributed by atoms with E-state index in [0.29, 0.717) is 30.9 Å². The molecule has 0 unspecified atom stereocenters. The van der Waals surface area contributed by atoms with Gasteiger partial charge in [0, 0.05) is 24.3 Å². The summed E-state index contributed by atoms with van der Waals surface area (Å²) in [6.45, 7) is 0.924. The van der Waals surface area contributed by atoms with Crippen molar-refractivity contribution in [2.24, 2.45) is 5.73 Å². The molecule has 1 amide bonds. The Bertz CT molecular complexity index is 1040. The lowest BCUT2D eigenvalue weighted by atomic mass is 10.2. The van der Waals surface area contributed by atoms with Gasteiger partial charge in [-0.25, -0.2) is 9.97 Å². The smallest absolute Gasteiger partial charge is 0.290 e. The van der Waals surface area contributed by atoms with E-state index in [-0.39, 0.29) is 29.5 Å². The molecule has 0 radical (unpaired) electrons. The van der Waals surface area contributed by atoms with E-state index in [0.717, 1.165) is 5.69 Å². The first-order valence-corrected chi connectivity index (χ1v) is 8.40. The molecular formula is C17H20N8O4. The standard InChI is InChI=1S/C16H18N8O2.CH2O2/c17-5-6-19-14(25)9-1-3-10(4-2-9)20-7-11-8-21-13-12(22-11)15(26)24-16(18)23-13;2-1-3/h1-4,8,20H,5-7,17H2,(H,19,25)(H3,18,21,23,24,26);1H,(H,2,3). The number of anilines is 2. The van der Waals surface area contributed by atoms with Crippen LogP contribution in [0.1, 0.15) is 16.1 Å². The van der Waals surface area contributed by atoms with Crippen molar-refractivity contribution in [2.45, 2.75) is 6.54 Å². The molecule has 2 heterocycles. The molecule has 0 aliphatic rings. The number of H-pyrrole nitrogens is 1. The quantitative estimate of drug-likeness (QED) is 0.287. The lowest BCUT2D eigenvalue weighted by Gasteiger charge is -2.08. The lowest BCUT2D eigenvalue weighted by Crippen LogP contribution is -2.28. The van der Waals surface area contributed by atoms with Crippen LogP contribution in [-0.4, -0.2) is 50.5 Å². The summed E-state index contributed by atoms with van der Waals surface area (Å²) in [6, 6.07) is 6.97. The Balaban J connectivity index is 0.000000941. The molecule has 3 aromatic rings. The van der Waals surface area contributed by atoms with Crippen molar-refractivity contribution in [3.8, 4) is 0 Å². The van der Waals surface area contributed by atoms with Crippen molar-refractivity contribution in [3.05, 3.63) is 52.1 Å². The zero-order valence-electron chi connectivity index (χ0n) is 15.3. The molecule has 0 fully saturated rings. The number of nitrogens with one attached hydrogen (secondary N) is 3. The predicted octanol–water partition coefficient (Wildman–Crippen LogP) is -0.703. The fourth-order valence-electron chi connectivity index (χ4n) is 2.28. The van der Waals surface area contributed by atoms with Crippen molar-refractivity contribution in [1.82, 2.24) is 25.3 Å². The highest BCUT2D eigenvalue weighted by Crippen LogP contribution is 2.11. The van der Waals surface area contributed by atoms with Gasteiger partial charge in [0.2, 0.25) is 5.95 Å². The third-order valence-corrected chi connectivity index (χ3v) is 3.54. The van der Waals surface area contributed by atoms with E-state index in [1.807, 2.05) is 0 Å². The highest BCUT2D eigenvalue weighted by Gasteiger charge is 2.07. The third kappa shape index (κ3) is 5.97. The summed E-state index contributed by atoms with van der Waals surface area (Å²) in [7, 11) is 0. The van der Waals surface area contributed by atoms with Gasteiger partial charge in [0.25, 0.3) is 17.9 Å². The van der Waals surface area contributed by atoms with Crippen LogP contribution < -0.4 is 27.7 Å². The van der Waals surface area contributed by atoms with Crippen LogP contribution in [0, 0.1) is 0 Å². The maximum Gasteiger partial charge on any atom is 0.290 e. The van der Waals surface area contributed by atoms with Gasteiger partial charge in [0.1, 0.15) is 0 Å². The number of hydrogen-bond donors (Lipinski definition) is 6. The van der Waals surface area contributed by atoms with Crippen LogP contribution in [0.25, 0.3) is 11.2 Å². The topological polar surface area (TPSA) is 202 Å². The van der Waals surface area contributed by atoms with Gasteiger partial charge in [-0.2, -0.15) is 4.98 Å². The van der Waals surface area contributed by atoms with Gasteiger partial charge >= 0.3 is 0 Å². The molecule has 0 saturated carbocycles. The molecule has 3 rings (SSSR count). The molecule has 1 aromatic carbocycles. The number of aromatic nitrogens is 4. The van der Waals surface area contributed by atoms with Gasteiger partial charge in [0.05, 0.1) is 18.4 Å². The third-order valence-electron chi connectivity index (χ3n) is 3.54. The van der Waals surface area contributed by atoms with Gasteiger partial charge in [-0.05, 0) is 24.3 Å². The number of carboxylic acid groups (broad SMARTS) is 1. The van der Waals surface area contributed by atoms with E-state index in [1.165, 1.54) is 6.20 Å². The van der Waals surface area contributed by atoms with E-state index in [9.17, 15) is 9.59 Å². The summed E-state index contributed by atoms with van der Waals surface area (Å²) in [4.78, 5) is 46.7. The number of aromatic amines is 1. The molecule has 152 valence electrons. The average molecular weight is 400 g/mol. The zero-order valence-corrected chi connectivity index (χ0v) is 15.3. The average Bonchev–Trinajstić information content (AvgIpc) is 2.71. The second-order valence-electron chi connectivity index (χ2n) is 5.57. The molecule has 0 atom stereocenters. The Morgan fingerprint density at radius 2 is 1.93 bits per heavy atom. The molecule has 2 aromatic heterocycles. The maximum atomic E-state index is 11.9. The van der Waals surface area contributed by atoms with E-state index in [2.05, 4.69) is 30.6 Å². The van der Waals surface area contributed by atoms with Crippen molar-refractivity contribution in [3.63, 3.8) is 0 Å². The highest BCUT2D eigenvalue weighted by atomic mass is 16.3. The van der Waals surface area contributed by atoms with Crippen LogP contribution in [0.15, 0.2) is 35.3 Å². The number of nitrogens with two attached hydrogens (primary N) is 2. The van der Waals surface area contributed by atoms with Gasteiger partial charge in [-0.15, -0.1) is 0 Å². The molecule has 0 aliphatic carbocycles. The number of nitrogens with zero attached hydrogens (tertiary/aromatic N) is 3. The maximum absolute atomic E-state index is 11.9. The number of carbonyl (C=O) groups is 2. The first-order chi connectivity index (χ1) is 14.0. The molecule has 8 N–H and O–H groups in total. The van der Waals surface area contributed by atoms with Gasteiger partial charge in [-0.1, -0.05) is 0 Å². The summed E-state index contributed by atoms with van der Waals surface area (Å²) >= 11 is 0. The fraction of sp³-hybridized carbons (Fsp3) is 0.176. The summed E-state index contributed by atoms with van der Waals surface area (Å²) < 4.78 is 0. The van der Waals surface area contributed by atoms with E-state index >= 15 is 0 Å². The zero-order chi connectivity index (χ0) is 21.2. The van der Waals surface area contributed by atoms with Gasteiger partial charge < -0.3 is 27.2 Å². The summed E-state index contributed by atoms with van der Waals surface area (Å²) in [5.74, 6) is -0.174. The molecule has 29 heavy (non-hydrogen) atoms. The Kier molecular flexibility index (Phi) is 7.56. The number of hydrogen-bond acceptors (Lipinski definition) is 9. The minimum absolute atomic E-state index is 0.00161. The van der Waals surface area contributed by atoms with Crippen molar-refractivity contribution in [1.29, 1.82) is 0 Å². The highest BCUT2D eigenvalue weighted by molar-refractivity contribution is 5.94. The Morgan fingerprint density at radius 3 is 2.59 bits per heavy atom. The number of fused-ring (bicyclic) bond motifs is 1. The van der Waals surface area contributed by atoms with Crippen molar-refractivity contribution < 1.29 is 14.7 Å². The molecular weight excluding hydrogens is 380 g/mol. The largest absolute Gasteiger partial charge is 0.483 e. The van der Waals surface area contributed by atoms with E-state index in [1.54, 1.807) is 24.3 Å². The van der Waals surface area contributed by atoms with Crippen molar-refractivity contribution >= 4 is 35.2 Å². The molecule has 0 bridgehead atoms. The molecule has 0 aliphatic heterocycles. The van der Waals surface area contributed by atoms with E-state index < -0.39 is 5.56 Å². The Labute approximate surface area is 164 Å². The Morgan fingerprint density at radius 1 is 1.24 bits per heavy atom. The van der Waals surface area contributed by atoms with Crippen LogP contribution in [0.5, 0.6) is 0 Å². The van der Waals surface area contributed by atoms with Crippen LogP contribution in [-0.2, 0) is 11.3 Å². The van der Waals surface area contributed by atoms with Crippen LogP contribution in [0.3, 0.4) is 0 Å². The normalized spacial score (nSPS) is 9.97. The summed E-state index contributed by atoms with van der Waals surface area (Å²) in [5.41, 5.74) is 12.6. The van der Waals surface area contributed by atoms with Gasteiger partial charge in [0.15, 0.2) is 11.2 Å². The number of rotatable bonds is 6. The SMILES string of the molecule is NCCNC(=O)c1ccc(NCc2cnc3nc(N)[nH]c(=O)c3n2)cc1.O=CO. The summed E-state index contributed by atoms with van der Waals surface area (Å²) in [6.07, 6.45) is 1.52. The Hall–Kier alpha value is -4.06. The number of amides is 1. The van der Waals surface area contributed by atoms with Crippen LogP contribution in [0.2, 0.25) is 0 Å². The second-order valence-corrected chi connectivity index (χ2v) is 5.57. The minimum atomic E-state index is -0.435. The molecule has 12 heteroatoms. The number of nitrogen functional groups attached to an aromatic ring is 1. The van der Waals surface area contributed by atoms with E-state index in [4.69, 9.17) is 21.4 Å². The summed E-state index contributed by atoms with van der Waals surface area (Å²) in [5, 5.41) is 12.7. The monoisotopic (exact) mass is 400 g/mol. The minimum Gasteiger partial charge on any atom is -0.483 e. The first-order valence-electron chi connectivity index (χ1n) is 8.40. The number of benzene rings is 1. The van der Waals surface area contributed by atoms with Crippen LogP contribution in [0.4, 0.5) is 11.6 Å². The van der Waals surface area contributed by atoms with Crippen LogP contribution >= 0.6 is 0 Å². The second kappa shape index (κ2) is 10.3. The van der Waals surface area contributed by atoms with Crippen molar-refractivity contribution in [2.75, 3.05) is 24.1 Å². The molecule has 12 nitrogen and oxygen atoms in total. The number of carbonyl (C=O) groups excluding carboxylic acids is 1. The fourth-order valence-corrected chi connectivity index (χ4v) is 2.28. The lowest BCUT2D eigenvalue weighted by molar-refractivity contribution is -0.122. The van der Waals surface area contributed by atoms with Gasteiger partial charge in [-0.3, -0.25) is 19.4 Å². The predicted molar refractivity (Wildman–Crippen MR) is 106 cm³/mol.